The summed E-state index contributed by atoms with van der Waals surface area (Å²) in [5, 5.41) is 0.609. The number of para-hydroxylation sites is 1. The van der Waals surface area contributed by atoms with E-state index >= 15 is 0 Å². The smallest absolute Gasteiger partial charge is 0.260 e. The molecule has 3 aromatic rings. The Morgan fingerprint density at radius 2 is 1.83 bits per heavy atom. The van der Waals surface area contributed by atoms with E-state index in [0.29, 0.717) is 23.8 Å². The van der Waals surface area contributed by atoms with Gasteiger partial charge in [0.25, 0.3) is 5.91 Å². The van der Waals surface area contributed by atoms with E-state index in [1.807, 2.05) is 43.5 Å². The van der Waals surface area contributed by atoms with Gasteiger partial charge in [-0.15, -0.1) is 24.2 Å². The molecule has 0 aliphatic carbocycles. The Kier molecular flexibility index (Phi) is 8.29. The van der Waals surface area contributed by atoms with Crippen LogP contribution in [0.25, 0.3) is 10.2 Å². The highest BCUT2D eigenvalue weighted by Crippen LogP contribution is 2.34. The lowest BCUT2D eigenvalue weighted by Gasteiger charge is -2.22. The molecule has 10 heteroatoms. The number of thiazole rings is 1. The molecule has 0 N–H and O–H groups in total. The highest BCUT2D eigenvalue weighted by atomic mass is 35.5. The van der Waals surface area contributed by atoms with E-state index < -0.39 is 9.84 Å². The number of hydrogen-bond acceptors (Lipinski definition) is 7. The van der Waals surface area contributed by atoms with E-state index in [0.717, 1.165) is 21.4 Å². The summed E-state index contributed by atoms with van der Waals surface area (Å²) in [5.41, 5.74) is 1.21. The quantitative estimate of drug-likeness (QED) is 0.470. The summed E-state index contributed by atoms with van der Waals surface area (Å²) in [5.74, 6) is -0.262. The number of amides is 1. The van der Waals surface area contributed by atoms with E-state index in [1.54, 1.807) is 28.8 Å². The summed E-state index contributed by atoms with van der Waals surface area (Å²) in [4.78, 5) is 22.9. The molecular formula is C20H24ClN3O3S3. The molecule has 0 radical (unpaired) electrons. The SMILES string of the molecule is CSc1cccc2sc(N(CCN(C)C)C(=O)c3cccc(S(C)(=O)=O)c3)nc12.Cl. The number of nitrogens with zero attached hydrogens (tertiary/aromatic N) is 3. The molecule has 1 heterocycles. The molecule has 0 saturated carbocycles. The van der Waals surface area contributed by atoms with Crippen molar-refractivity contribution in [2.45, 2.75) is 9.79 Å². The molecule has 2 aromatic carbocycles. The van der Waals surface area contributed by atoms with E-state index in [-0.39, 0.29) is 23.2 Å². The summed E-state index contributed by atoms with van der Waals surface area (Å²) >= 11 is 3.08. The third-order valence-electron chi connectivity index (χ3n) is 4.35. The molecule has 0 aliphatic heterocycles. The molecule has 0 saturated heterocycles. The van der Waals surface area contributed by atoms with Gasteiger partial charge in [0.2, 0.25) is 0 Å². The molecule has 0 aliphatic rings. The van der Waals surface area contributed by atoms with E-state index in [2.05, 4.69) is 0 Å². The van der Waals surface area contributed by atoms with Crippen LogP contribution in [0.4, 0.5) is 5.13 Å². The predicted octanol–water partition coefficient (Wildman–Crippen LogP) is 4.05. The van der Waals surface area contributed by atoms with Crippen molar-refractivity contribution in [2.75, 3.05) is 44.6 Å². The zero-order valence-electron chi connectivity index (χ0n) is 17.2. The van der Waals surface area contributed by atoms with Gasteiger partial charge in [-0.25, -0.2) is 13.4 Å². The van der Waals surface area contributed by atoms with Crippen LogP contribution in [-0.2, 0) is 9.84 Å². The molecule has 0 atom stereocenters. The van der Waals surface area contributed by atoms with Crippen molar-refractivity contribution in [3.8, 4) is 0 Å². The van der Waals surface area contributed by atoms with Gasteiger partial charge >= 0.3 is 0 Å². The molecule has 3 rings (SSSR count). The summed E-state index contributed by atoms with van der Waals surface area (Å²) in [6, 6.07) is 12.2. The molecule has 1 amide bonds. The van der Waals surface area contributed by atoms with Crippen LogP contribution in [0, 0.1) is 0 Å². The van der Waals surface area contributed by atoms with Crippen LogP contribution in [0.3, 0.4) is 0 Å². The summed E-state index contributed by atoms with van der Waals surface area (Å²) < 4.78 is 24.8. The molecule has 6 nitrogen and oxygen atoms in total. The highest BCUT2D eigenvalue weighted by Gasteiger charge is 2.23. The Balaban J connectivity index is 0.00000320. The number of aromatic nitrogens is 1. The summed E-state index contributed by atoms with van der Waals surface area (Å²) in [6.45, 7) is 1.10. The highest BCUT2D eigenvalue weighted by molar-refractivity contribution is 7.98. The Morgan fingerprint density at radius 3 is 2.47 bits per heavy atom. The van der Waals surface area contributed by atoms with Gasteiger partial charge in [-0.3, -0.25) is 9.69 Å². The first-order chi connectivity index (χ1) is 13.7. The molecular weight excluding hydrogens is 462 g/mol. The first-order valence-electron chi connectivity index (χ1n) is 8.91. The van der Waals surface area contributed by atoms with Gasteiger partial charge < -0.3 is 4.90 Å². The fraction of sp³-hybridized carbons (Fsp3) is 0.300. The molecule has 0 fully saturated rings. The Morgan fingerprint density at radius 1 is 1.13 bits per heavy atom. The predicted molar refractivity (Wildman–Crippen MR) is 128 cm³/mol. The van der Waals surface area contributed by atoms with Crippen LogP contribution < -0.4 is 4.90 Å². The first kappa shape index (κ1) is 24.6. The average molecular weight is 486 g/mol. The maximum atomic E-state index is 13.3. The van der Waals surface area contributed by atoms with Crippen LogP contribution in [0.15, 0.2) is 52.3 Å². The number of sulfone groups is 1. The molecule has 1 aromatic heterocycles. The van der Waals surface area contributed by atoms with Gasteiger partial charge in [-0.05, 0) is 50.7 Å². The van der Waals surface area contributed by atoms with Crippen LogP contribution in [0.5, 0.6) is 0 Å². The van der Waals surface area contributed by atoms with Crippen LogP contribution in [0.1, 0.15) is 10.4 Å². The molecule has 30 heavy (non-hydrogen) atoms. The minimum atomic E-state index is -3.40. The minimum Gasteiger partial charge on any atom is -0.308 e. The number of thioether (sulfide) groups is 1. The number of fused-ring (bicyclic) bond motifs is 1. The van der Waals surface area contributed by atoms with E-state index in [4.69, 9.17) is 4.98 Å². The van der Waals surface area contributed by atoms with Gasteiger partial charge in [0.05, 0.1) is 15.1 Å². The minimum absolute atomic E-state index is 0. The largest absolute Gasteiger partial charge is 0.308 e. The fourth-order valence-electron chi connectivity index (χ4n) is 2.79. The van der Waals surface area contributed by atoms with Crippen LogP contribution >= 0.6 is 35.5 Å². The lowest BCUT2D eigenvalue weighted by molar-refractivity contribution is 0.0985. The summed E-state index contributed by atoms with van der Waals surface area (Å²) in [6.07, 6.45) is 3.14. The standard InChI is InChI=1S/C20H23N3O3S3.ClH/c1-22(2)11-12-23(19(24)14-7-5-8-15(13-14)29(4,25)26)20-21-18-16(27-3)9-6-10-17(18)28-20;/h5-10,13H,11-12H2,1-4H3;1H. The van der Waals surface area contributed by atoms with Gasteiger partial charge in [0, 0.05) is 29.8 Å². The number of benzene rings is 2. The Hall–Kier alpha value is -1.65. The number of hydrogen-bond donors (Lipinski definition) is 0. The molecule has 0 bridgehead atoms. The van der Waals surface area contributed by atoms with Crippen LogP contribution in [-0.4, -0.2) is 63.9 Å². The van der Waals surface area contributed by atoms with Crippen LogP contribution in [0.2, 0.25) is 0 Å². The second-order valence-corrected chi connectivity index (χ2v) is 10.7. The molecule has 0 unspecified atom stereocenters. The van der Waals surface area contributed by atoms with Gasteiger partial charge in [0.1, 0.15) is 0 Å². The van der Waals surface area contributed by atoms with Gasteiger partial charge in [-0.2, -0.15) is 0 Å². The lowest BCUT2D eigenvalue weighted by Crippen LogP contribution is -2.36. The zero-order valence-corrected chi connectivity index (χ0v) is 20.4. The maximum Gasteiger partial charge on any atom is 0.260 e. The maximum absolute atomic E-state index is 13.3. The number of halogens is 1. The van der Waals surface area contributed by atoms with E-state index in [9.17, 15) is 13.2 Å². The van der Waals surface area contributed by atoms with Crippen molar-refractivity contribution >= 4 is 66.6 Å². The van der Waals surface area contributed by atoms with Gasteiger partial charge in [0.15, 0.2) is 15.0 Å². The summed E-state index contributed by atoms with van der Waals surface area (Å²) in [7, 11) is 0.484. The number of likely N-dealkylation sites (N-methyl/N-ethyl adjacent to an activating group) is 1. The second-order valence-electron chi connectivity index (χ2n) is 6.86. The van der Waals surface area contributed by atoms with Crippen molar-refractivity contribution in [1.82, 2.24) is 9.88 Å². The molecule has 162 valence electrons. The van der Waals surface area contributed by atoms with Gasteiger partial charge in [-0.1, -0.05) is 23.5 Å². The van der Waals surface area contributed by atoms with Crippen molar-refractivity contribution in [3.63, 3.8) is 0 Å². The van der Waals surface area contributed by atoms with E-state index in [1.165, 1.54) is 23.5 Å². The Labute approximate surface area is 191 Å². The number of carbonyl (C=O) groups excluding carboxylic acids is 1. The third-order valence-corrected chi connectivity index (χ3v) is 7.27. The van der Waals surface area contributed by atoms with Crippen molar-refractivity contribution < 1.29 is 13.2 Å². The first-order valence-corrected chi connectivity index (χ1v) is 12.8. The second kappa shape index (κ2) is 10.1. The van der Waals surface area contributed by atoms with Crippen molar-refractivity contribution in [2.24, 2.45) is 0 Å². The zero-order chi connectivity index (χ0) is 21.2. The molecule has 0 spiro atoms. The average Bonchev–Trinajstić information content (AvgIpc) is 3.11. The topological polar surface area (TPSA) is 70.6 Å². The number of rotatable bonds is 7. The fourth-order valence-corrected chi connectivity index (χ4v) is 5.10. The Bertz CT molecular complexity index is 1150. The third kappa shape index (κ3) is 5.53. The lowest BCUT2D eigenvalue weighted by atomic mass is 10.2. The number of carbonyl (C=O) groups is 1. The monoisotopic (exact) mass is 485 g/mol. The normalized spacial score (nSPS) is 11.5. The van der Waals surface area contributed by atoms with Crippen molar-refractivity contribution in [1.29, 1.82) is 0 Å². The van der Waals surface area contributed by atoms with Crippen molar-refractivity contribution in [3.05, 3.63) is 48.0 Å². The number of anilines is 1.